The summed E-state index contributed by atoms with van der Waals surface area (Å²) in [6.45, 7) is 0.524. The fourth-order valence-electron chi connectivity index (χ4n) is 2.50. The van der Waals surface area contributed by atoms with E-state index < -0.39 is 10.0 Å². The minimum Gasteiger partial charge on any atom is -0.504 e. The van der Waals surface area contributed by atoms with E-state index in [1.807, 2.05) is 6.07 Å². The molecule has 1 aromatic heterocycles. The van der Waals surface area contributed by atoms with Crippen molar-refractivity contribution in [2.45, 2.75) is 19.4 Å². The van der Waals surface area contributed by atoms with Crippen molar-refractivity contribution >= 4 is 26.5 Å². The number of nitrogens with zero attached hydrogens (tertiary/aromatic N) is 1. The van der Waals surface area contributed by atoms with Crippen molar-refractivity contribution in [2.24, 2.45) is 0 Å². The fraction of sp³-hybridized carbons (Fsp3) is 0.235. The Labute approximate surface area is 156 Å². The number of thiazole rings is 1. The SMILES string of the molecule is COc1ccc(CNC2=CC=C(S(=O)(=O)Nc3nccs3)CC2)cc1O. The highest BCUT2D eigenvalue weighted by Crippen LogP contribution is 2.27. The summed E-state index contributed by atoms with van der Waals surface area (Å²) in [4.78, 5) is 4.27. The van der Waals surface area contributed by atoms with Crippen LogP contribution in [-0.4, -0.2) is 25.6 Å². The molecule has 138 valence electrons. The molecule has 0 atom stereocenters. The largest absolute Gasteiger partial charge is 0.504 e. The Morgan fingerprint density at radius 3 is 2.77 bits per heavy atom. The number of benzene rings is 1. The lowest BCUT2D eigenvalue weighted by atomic mass is 10.1. The average Bonchev–Trinajstić information content (AvgIpc) is 3.13. The monoisotopic (exact) mass is 393 g/mol. The first-order valence-corrected chi connectivity index (χ1v) is 10.3. The van der Waals surface area contributed by atoms with Crippen LogP contribution < -0.4 is 14.8 Å². The highest BCUT2D eigenvalue weighted by molar-refractivity contribution is 7.96. The third kappa shape index (κ3) is 4.36. The number of allylic oxidation sites excluding steroid dienone is 4. The molecule has 0 saturated heterocycles. The molecule has 0 saturated carbocycles. The normalized spacial score (nSPS) is 14.3. The maximum absolute atomic E-state index is 12.3. The topological polar surface area (TPSA) is 101 Å². The lowest BCUT2D eigenvalue weighted by Crippen LogP contribution is -2.19. The summed E-state index contributed by atoms with van der Waals surface area (Å²) >= 11 is 1.24. The van der Waals surface area contributed by atoms with Gasteiger partial charge in [-0.1, -0.05) is 6.07 Å². The summed E-state index contributed by atoms with van der Waals surface area (Å²) in [5, 5.41) is 15.1. The lowest BCUT2D eigenvalue weighted by Gasteiger charge is -2.17. The van der Waals surface area contributed by atoms with E-state index in [2.05, 4.69) is 15.0 Å². The molecule has 1 aromatic carbocycles. The van der Waals surface area contributed by atoms with Crippen molar-refractivity contribution < 1.29 is 18.3 Å². The first-order chi connectivity index (χ1) is 12.5. The molecule has 0 aliphatic heterocycles. The Kier molecular flexibility index (Phi) is 5.48. The highest BCUT2D eigenvalue weighted by Gasteiger charge is 2.20. The number of phenolic OH excluding ortho intramolecular Hbond substituents is 1. The second-order valence-electron chi connectivity index (χ2n) is 5.63. The predicted octanol–water partition coefficient (Wildman–Crippen LogP) is 2.95. The van der Waals surface area contributed by atoms with E-state index >= 15 is 0 Å². The van der Waals surface area contributed by atoms with Crippen LogP contribution in [-0.2, 0) is 16.6 Å². The van der Waals surface area contributed by atoms with Gasteiger partial charge in [0.15, 0.2) is 16.6 Å². The number of hydrogen-bond donors (Lipinski definition) is 3. The Morgan fingerprint density at radius 2 is 2.15 bits per heavy atom. The van der Waals surface area contributed by atoms with E-state index in [4.69, 9.17) is 4.74 Å². The number of ether oxygens (including phenoxy) is 1. The van der Waals surface area contributed by atoms with E-state index in [0.717, 1.165) is 11.3 Å². The van der Waals surface area contributed by atoms with Crippen LogP contribution in [0.4, 0.5) is 5.13 Å². The Bertz CT molecular complexity index is 935. The number of hydrogen-bond acceptors (Lipinski definition) is 7. The van der Waals surface area contributed by atoms with Crippen LogP contribution in [0.5, 0.6) is 11.5 Å². The summed E-state index contributed by atoms with van der Waals surface area (Å²) in [5.41, 5.74) is 1.84. The van der Waals surface area contributed by atoms with Crippen LogP contribution in [0.1, 0.15) is 18.4 Å². The van der Waals surface area contributed by atoms with Crippen molar-refractivity contribution in [1.29, 1.82) is 0 Å². The number of anilines is 1. The summed E-state index contributed by atoms with van der Waals surface area (Å²) in [6, 6.07) is 5.20. The first-order valence-electron chi connectivity index (χ1n) is 7.90. The zero-order valence-electron chi connectivity index (χ0n) is 14.1. The van der Waals surface area contributed by atoms with Gasteiger partial charge in [0.05, 0.1) is 12.0 Å². The molecule has 26 heavy (non-hydrogen) atoms. The second kappa shape index (κ2) is 7.79. The average molecular weight is 393 g/mol. The lowest BCUT2D eigenvalue weighted by molar-refractivity contribution is 0.373. The number of sulfonamides is 1. The van der Waals surface area contributed by atoms with Crippen molar-refractivity contribution in [3.8, 4) is 11.5 Å². The molecule has 1 aliphatic rings. The van der Waals surface area contributed by atoms with Crippen molar-refractivity contribution in [1.82, 2.24) is 10.3 Å². The van der Waals surface area contributed by atoms with E-state index in [-0.39, 0.29) is 5.75 Å². The van der Waals surface area contributed by atoms with E-state index in [1.54, 1.807) is 35.9 Å². The van der Waals surface area contributed by atoms with Crippen LogP contribution in [0.15, 0.2) is 52.5 Å². The van der Waals surface area contributed by atoms with Gasteiger partial charge < -0.3 is 15.2 Å². The minimum absolute atomic E-state index is 0.0889. The van der Waals surface area contributed by atoms with Crippen molar-refractivity contribution in [3.05, 3.63) is 58.1 Å². The first kappa shape index (κ1) is 18.3. The Hall–Kier alpha value is -2.52. The highest BCUT2D eigenvalue weighted by atomic mass is 32.2. The molecule has 3 rings (SSSR count). The maximum Gasteiger partial charge on any atom is 0.259 e. The van der Waals surface area contributed by atoms with Gasteiger partial charge in [-0.15, -0.1) is 11.3 Å². The van der Waals surface area contributed by atoms with Gasteiger partial charge in [-0.05, 0) is 42.7 Å². The number of rotatable bonds is 7. The van der Waals surface area contributed by atoms with Crippen LogP contribution in [0.3, 0.4) is 0 Å². The minimum atomic E-state index is -3.57. The predicted molar refractivity (Wildman–Crippen MR) is 102 cm³/mol. The summed E-state index contributed by atoms with van der Waals surface area (Å²) in [5.74, 6) is 0.516. The quantitative estimate of drug-likeness (QED) is 0.669. The molecular weight excluding hydrogens is 374 g/mol. The zero-order chi connectivity index (χ0) is 18.6. The molecule has 0 spiro atoms. The molecule has 3 N–H and O–H groups in total. The van der Waals surface area contributed by atoms with Crippen LogP contribution in [0.25, 0.3) is 0 Å². The van der Waals surface area contributed by atoms with Gasteiger partial charge in [-0.3, -0.25) is 4.72 Å². The summed E-state index contributed by atoms with van der Waals surface area (Å²) in [7, 11) is -2.07. The summed E-state index contributed by atoms with van der Waals surface area (Å²) in [6.07, 6.45) is 5.92. The van der Waals surface area contributed by atoms with Crippen molar-refractivity contribution in [3.63, 3.8) is 0 Å². The van der Waals surface area contributed by atoms with Crippen LogP contribution in [0, 0.1) is 0 Å². The van der Waals surface area contributed by atoms with Crippen molar-refractivity contribution in [2.75, 3.05) is 11.8 Å². The fourth-order valence-corrected chi connectivity index (χ4v) is 4.43. The maximum atomic E-state index is 12.3. The number of aromatic hydroxyl groups is 1. The number of phenols is 1. The van der Waals surface area contributed by atoms with E-state index in [0.29, 0.717) is 35.2 Å². The molecule has 0 bridgehead atoms. The Balaban J connectivity index is 1.62. The standard InChI is InChI=1S/C17H19N3O4S2/c1-24-16-7-2-12(10-15(16)21)11-19-13-3-5-14(6-4-13)26(22,23)20-17-18-8-9-25-17/h2-3,5,7-10,19,21H,4,6,11H2,1H3,(H,18,20). The van der Waals surface area contributed by atoms with Crippen LogP contribution >= 0.6 is 11.3 Å². The molecule has 1 aliphatic carbocycles. The summed E-state index contributed by atoms with van der Waals surface area (Å²) < 4.78 is 32.2. The number of aromatic nitrogens is 1. The van der Waals surface area contributed by atoms with Gasteiger partial charge in [0.2, 0.25) is 0 Å². The molecule has 0 amide bonds. The van der Waals surface area contributed by atoms with Gasteiger partial charge in [0, 0.05) is 23.8 Å². The molecule has 0 fully saturated rings. The molecule has 9 heteroatoms. The van der Waals surface area contributed by atoms with E-state index in [9.17, 15) is 13.5 Å². The third-order valence-electron chi connectivity index (χ3n) is 3.87. The molecule has 0 radical (unpaired) electrons. The zero-order valence-corrected chi connectivity index (χ0v) is 15.7. The second-order valence-corrected chi connectivity index (χ2v) is 8.26. The Morgan fingerprint density at radius 1 is 1.31 bits per heavy atom. The third-order valence-corrected chi connectivity index (χ3v) is 6.18. The molecular formula is C17H19N3O4S2. The molecule has 2 aromatic rings. The number of nitrogens with one attached hydrogen (secondary N) is 2. The van der Waals surface area contributed by atoms with Gasteiger partial charge in [0.25, 0.3) is 10.0 Å². The molecule has 0 unspecified atom stereocenters. The molecule has 1 heterocycles. The van der Waals surface area contributed by atoms with E-state index in [1.165, 1.54) is 18.4 Å². The van der Waals surface area contributed by atoms with Gasteiger partial charge in [0.1, 0.15) is 0 Å². The van der Waals surface area contributed by atoms with Gasteiger partial charge in [-0.2, -0.15) is 0 Å². The van der Waals surface area contributed by atoms with Crippen LogP contribution in [0.2, 0.25) is 0 Å². The molecule has 7 nitrogen and oxygen atoms in total. The van der Waals surface area contributed by atoms with Gasteiger partial charge in [-0.25, -0.2) is 13.4 Å². The smallest absolute Gasteiger partial charge is 0.259 e. The number of methoxy groups -OCH3 is 1. The van der Waals surface area contributed by atoms with Gasteiger partial charge >= 0.3 is 0 Å².